The summed E-state index contributed by atoms with van der Waals surface area (Å²) < 4.78 is 74.4. The van der Waals surface area contributed by atoms with E-state index in [9.17, 15) is 36.2 Å². The molecule has 2 aliphatic carbocycles. The maximum Gasteiger partial charge on any atom is 0.446 e. The van der Waals surface area contributed by atoms with Crippen LogP contribution in [0, 0.1) is 16.7 Å². The van der Waals surface area contributed by atoms with Crippen molar-refractivity contribution in [3.8, 4) is 11.5 Å². The largest absolute Gasteiger partial charge is 0.446 e. The van der Waals surface area contributed by atoms with Gasteiger partial charge < -0.3 is 18.6 Å². The summed E-state index contributed by atoms with van der Waals surface area (Å²) in [4.78, 5) is 0. The summed E-state index contributed by atoms with van der Waals surface area (Å²) in [5, 5.41) is 22.4. The molecule has 12 heteroatoms. The summed E-state index contributed by atoms with van der Waals surface area (Å²) in [6.07, 6.45) is 12.4. The quantitative estimate of drug-likeness (QED) is 0.0978. The van der Waals surface area contributed by atoms with Gasteiger partial charge in [-0.3, -0.25) is 9.11 Å². The van der Waals surface area contributed by atoms with Crippen molar-refractivity contribution >= 4 is 20.8 Å². The van der Waals surface area contributed by atoms with E-state index in [4.69, 9.17) is 4.18 Å². The van der Waals surface area contributed by atoms with Gasteiger partial charge in [0.15, 0.2) is 0 Å². The summed E-state index contributed by atoms with van der Waals surface area (Å²) in [6, 6.07) is 3.63. The normalized spacial score (nSPS) is 25.6. The van der Waals surface area contributed by atoms with Gasteiger partial charge in [0.05, 0.1) is 11.7 Å². The lowest BCUT2D eigenvalue weighted by molar-refractivity contribution is -0.0733. The van der Waals surface area contributed by atoms with Crippen LogP contribution in [0.5, 0.6) is 11.5 Å². The van der Waals surface area contributed by atoms with Crippen molar-refractivity contribution in [2.24, 2.45) is 16.7 Å². The van der Waals surface area contributed by atoms with Gasteiger partial charge >= 0.3 is 20.8 Å². The molecule has 272 valence electrons. The van der Waals surface area contributed by atoms with E-state index in [2.05, 4.69) is 57.9 Å². The zero-order valence-electron chi connectivity index (χ0n) is 29.6. The monoisotopic (exact) mass is 712 g/mol. The smallest absolute Gasteiger partial charge is 0.390 e. The molecule has 0 spiro atoms. The Morgan fingerprint density at radius 3 is 2.31 bits per heavy atom. The highest BCUT2D eigenvalue weighted by molar-refractivity contribution is 7.81. The Bertz CT molecular complexity index is 1600. The molecule has 3 unspecified atom stereocenters. The third-order valence-electron chi connectivity index (χ3n) is 10.8. The van der Waals surface area contributed by atoms with Gasteiger partial charge in [-0.2, -0.15) is 16.8 Å². The molecule has 0 amide bonds. The summed E-state index contributed by atoms with van der Waals surface area (Å²) in [7, 11) is -9.71. The van der Waals surface area contributed by atoms with Crippen LogP contribution in [-0.2, 0) is 27.2 Å². The molecule has 5 atom stereocenters. The lowest BCUT2D eigenvalue weighted by atomic mass is 9.54. The molecule has 2 aliphatic rings. The molecule has 1 aromatic rings. The lowest BCUT2D eigenvalue weighted by Gasteiger charge is -2.51. The van der Waals surface area contributed by atoms with Gasteiger partial charge in [0.25, 0.3) is 0 Å². The molecule has 48 heavy (non-hydrogen) atoms. The van der Waals surface area contributed by atoms with Crippen LogP contribution >= 0.6 is 0 Å². The van der Waals surface area contributed by atoms with Gasteiger partial charge in [-0.15, -0.1) is 0 Å². The lowest BCUT2D eigenvalue weighted by Crippen LogP contribution is -2.42. The fraction of sp³-hybridized carbons (Fsp3) is 0.667. The molecule has 0 fully saturated rings. The predicted octanol–water partition coefficient (Wildman–Crippen LogP) is 7.88. The highest BCUT2D eigenvalue weighted by Gasteiger charge is 2.46. The topological polar surface area (TPSA) is 168 Å². The van der Waals surface area contributed by atoms with Crippen LogP contribution in [0.15, 0.2) is 52.6 Å². The highest BCUT2D eigenvalue weighted by atomic mass is 32.3. The van der Waals surface area contributed by atoms with E-state index in [-0.39, 0.29) is 29.3 Å². The van der Waals surface area contributed by atoms with Gasteiger partial charge in [-0.05, 0) is 140 Å². The predicted molar refractivity (Wildman–Crippen MR) is 188 cm³/mol. The van der Waals surface area contributed by atoms with Crippen LogP contribution in [-0.4, -0.2) is 47.9 Å². The molecule has 0 saturated heterocycles. The SMILES string of the molecule is CC(C)=CCC/C(C)=C/CCC(C)(O)C(O)CC[C@]1(C)CCCC2=C1CCC(C)[C@@]2(C)Cc1cc(OS(=O)(=O)O)ccc1OS(=O)(=O)O. The zero-order chi connectivity index (χ0) is 36.1. The van der Waals surface area contributed by atoms with Crippen molar-refractivity contribution in [3.05, 3.63) is 58.2 Å². The summed E-state index contributed by atoms with van der Waals surface area (Å²) in [6.45, 7) is 14.5. The second kappa shape index (κ2) is 15.8. The van der Waals surface area contributed by atoms with Crippen LogP contribution in [0.2, 0.25) is 0 Å². The Balaban J connectivity index is 1.84. The van der Waals surface area contributed by atoms with Gasteiger partial charge in [-0.1, -0.05) is 55.2 Å². The molecule has 10 nitrogen and oxygen atoms in total. The molecule has 0 radical (unpaired) electrons. The minimum atomic E-state index is -4.88. The standard InChI is InChI=1S/C36H56O10S2/c1-25(2)11-8-12-26(3)13-9-21-36(7,38)33(37)19-22-34(5)20-10-14-31-30(34)17-15-27(4)35(31,6)24-28-23-29(45-47(39,40)41)16-18-32(28)46-48(42,43)44/h11,13,16,18,23,27,33,37-38H,8-10,12,14-15,17,19-22,24H2,1-7H3,(H,39,40,41)(H,42,43,44)/b26-13+/t27?,33?,34-,35+,36?/m0/s1. The highest BCUT2D eigenvalue weighted by Crippen LogP contribution is 2.58. The Morgan fingerprint density at radius 2 is 1.69 bits per heavy atom. The summed E-state index contributed by atoms with van der Waals surface area (Å²) in [5.74, 6) is -0.225. The Morgan fingerprint density at radius 1 is 1.02 bits per heavy atom. The molecule has 3 rings (SSSR count). The third-order valence-corrected chi connectivity index (χ3v) is 11.6. The van der Waals surface area contributed by atoms with Crippen molar-refractivity contribution in [1.29, 1.82) is 0 Å². The first-order chi connectivity index (χ1) is 22.0. The molecular formula is C36H56O10S2. The van der Waals surface area contributed by atoms with Crippen LogP contribution < -0.4 is 8.37 Å². The van der Waals surface area contributed by atoms with Crippen LogP contribution in [0.25, 0.3) is 0 Å². The minimum absolute atomic E-state index is 0.160. The molecule has 1 aromatic carbocycles. The molecule has 0 saturated carbocycles. The van der Waals surface area contributed by atoms with Crippen molar-refractivity contribution < 1.29 is 44.5 Å². The third kappa shape index (κ3) is 11.1. The summed E-state index contributed by atoms with van der Waals surface area (Å²) in [5.41, 5.74) is 3.53. The molecule has 0 bridgehead atoms. The van der Waals surface area contributed by atoms with Crippen molar-refractivity contribution in [3.63, 3.8) is 0 Å². The van der Waals surface area contributed by atoms with Gasteiger partial charge in [0, 0.05) is 5.56 Å². The number of allylic oxidation sites excluding steroid dienone is 6. The summed E-state index contributed by atoms with van der Waals surface area (Å²) >= 11 is 0. The molecule has 0 aliphatic heterocycles. The second-order valence-electron chi connectivity index (χ2n) is 15.0. The van der Waals surface area contributed by atoms with Crippen LogP contribution in [0.3, 0.4) is 0 Å². The maximum absolute atomic E-state index is 11.7. The average molecular weight is 713 g/mol. The van der Waals surface area contributed by atoms with Crippen molar-refractivity contribution in [2.75, 3.05) is 0 Å². The van der Waals surface area contributed by atoms with E-state index < -0.39 is 37.9 Å². The van der Waals surface area contributed by atoms with Gasteiger partial charge in [0.2, 0.25) is 0 Å². The minimum Gasteiger partial charge on any atom is -0.390 e. The second-order valence-corrected chi connectivity index (χ2v) is 17.1. The van der Waals surface area contributed by atoms with Crippen molar-refractivity contribution in [1.82, 2.24) is 0 Å². The van der Waals surface area contributed by atoms with E-state index in [1.54, 1.807) is 6.92 Å². The van der Waals surface area contributed by atoms with E-state index in [1.165, 1.54) is 34.4 Å². The molecule has 4 N–H and O–H groups in total. The molecule has 0 heterocycles. The number of benzene rings is 1. The van der Waals surface area contributed by atoms with Gasteiger partial charge in [0.1, 0.15) is 11.5 Å². The Kier molecular flexibility index (Phi) is 13.2. The molecular weight excluding hydrogens is 657 g/mol. The zero-order valence-corrected chi connectivity index (χ0v) is 31.2. The number of aliphatic hydroxyl groups excluding tert-OH is 1. The van der Waals surface area contributed by atoms with E-state index in [1.807, 2.05) is 0 Å². The number of rotatable bonds is 16. The van der Waals surface area contributed by atoms with Crippen LogP contribution in [0.1, 0.15) is 125 Å². The Labute approximate surface area is 288 Å². The van der Waals surface area contributed by atoms with Gasteiger partial charge in [-0.25, -0.2) is 0 Å². The number of hydrogen-bond donors (Lipinski definition) is 4. The van der Waals surface area contributed by atoms with Crippen LogP contribution in [0.4, 0.5) is 0 Å². The first-order valence-corrected chi connectivity index (χ1v) is 19.7. The fourth-order valence-electron chi connectivity index (χ4n) is 7.63. The average Bonchev–Trinajstić information content (AvgIpc) is 2.94. The fourth-order valence-corrected chi connectivity index (χ4v) is 8.37. The van der Waals surface area contributed by atoms with E-state index in [0.717, 1.165) is 51.0 Å². The maximum atomic E-state index is 11.7. The molecule has 0 aromatic heterocycles. The number of aliphatic hydroxyl groups is 2. The first-order valence-electron chi connectivity index (χ1n) is 16.9. The van der Waals surface area contributed by atoms with E-state index >= 15 is 0 Å². The van der Waals surface area contributed by atoms with Crippen molar-refractivity contribution in [2.45, 2.75) is 137 Å². The number of hydrogen-bond acceptors (Lipinski definition) is 8. The van der Waals surface area contributed by atoms with E-state index in [0.29, 0.717) is 31.2 Å². The first kappa shape index (κ1) is 40.2. The Hall–Kier alpha value is -2.22.